The number of rotatable bonds is 0. The molecule has 2 aromatic carbocycles. The molecule has 0 bridgehead atoms. The molecule has 4 atom stereocenters. The minimum absolute atomic E-state index is 0.511. The molecular formula is C22H20NS+. The molecule has 6 rings (SSSR count). The highest BCUT2D eigenvalue weighted by Gasteiger charge is 2.48. The lowest BCUT2D eigenvalue weighted by molar-refractivity contribution is -0.911. The predicted molar refractivity (Wildman–Crippen MR) is 102 cm³/mol. The molecule has 24 heavy (non-hydrogen) atoms. The van der Waals surface area contributed by atoms with Gasteiger partial charge in [0, 0.05) is 38.1 Å². The molecule has 0 amide bonds. The average Bonchev–Trinajstić information content (AvgIpc) is 2.89. The summed E-state index contributed by atoms with van der Waals surface area (Å²) in [6.45, 7) is 2.19. The van der Waals surface area contributed by atoms with Crippen molar-refractivity contribution in [3.8, 4) is 0 Å². The van der Waals surface area contributed by atoms with Crippen molar-refractivity contribution in [2.75, 3.05) is 0 Å². The Labute approximate surface area is 145 Å². The standard InChI is InChI=1S/C22H19NS/c1-13-5-6-15-18-11-17-16(12-22(18)24-21(15)10-13)14-7-8-20(14)23-9-3-2-4-19(17)23/h2-6,9-12,14,19-20H,7-8H2,1H3/p+1. The van der Waals surface area contributed by atoms with Crippen LogP contribution in [0.2, 0.25) is 0 Å². The van der Waals surface area contributed by atoms with Gasteiger partial charge in [0.15, 0.2) is 0 Å². The third-order valence-electron chi connectivity index (χ3n) is 6.33. The summed E-state index contributed by atoms with van der Waals surface area (Å²) in [7, 11) is 0. The summed E-state index contributed by atoms with van der Waals surface area (Å²) in [5.41, 5.74) is 4.56. The number of allylic oxidation sites excluding steroid dienone is 2. The average molecular weight is 330 g/mol. The quantitative estimate of drug-likeness (QED) is 0.613. The predicted octanol–water partition coefficient (Wildman–Crippen LogP) is 4.63. The van der Waals surface area contributed by atoms with Crippen LogP contribution in [-0.4, -0.2) is 6.04 Å². The molecule has 2 aliphatic heterocycles. The highest BCUT2D eigenvalue weighted by Crippen LogP contribution is 2.46. The van der Waals surface area contributed by atoms with E-state index in [0.29, 0.717) is 6.04 Å². The van der Waals surface area contributed by atoms with Gasteiger partial charge in [-0.2, -0.15) is 0 Å². The number of thiophene rings is 1. The molecule has 1 saturated carbocycles. The molecule has 1 aromatic heterocycles. The van der Waals surface area contributed by atoms with E-state index < -0.39 is 0 Å². The Hall–Kier alpha value is -1.90. The number of quaternary nitrogens is 1. The van der Waals surface area contributed by atoms with Crippen LogP contribution in [0.1, 0.15) is 41.5 Å². The van der Waals surface area contributed by atoms with Crippen LogP contribution in [0, 0.1) is 6.92 Å². The van der Waals surface area contributed by atoms with Crippen LogP contribution in [0.3, 0.4) is 0 Å². The van der Waals surface area contributed by atoms with Crippen LogP contribution in [0.4, 0.5) is 0 Å². The first-order chi connectivity index (χ1) is 11.8. The van der Waals surface area contributed by atoms with Gasteiger partial charge in [0.2, 0.25) is 0 Å². The highest BCUT2D eigenvalue weighted by atomic mass is 32.1. The van der Waals surface area contributed by atoms with E-state index in [4.69, 9.17) is 0 Å². The van der Waals surface area contributed by atoms with E-state index in [1.165, 1.54) is 38.6 Å². The molecule has 118 valence electrons. The largest absolute Gasteiger partial charge is 0.296 e. The first-order valence-electron chi connectivity index (χ1n) is 8.98. The van der Waals surface area contributed by atoms with E-state index in [0.717, 1.165) is 12.0 Å². The molecule has 3 aliphatic rings. The zero-order valence-corrected chi connectivity index (χ0v) is 14.6. The van der Waals surface area contributed by atoms with Crippen molar-refractivity contribution in [3.63, 3.8) is 0 Å². The van der Waals surface area contributed by atoms with Gasteiger partial charge < -0.3 is 0 Å². The number of hydrogen-bond donors (Lipinski definition) is 1. The van der Waals surface area contributed by atoms with E-state index in [9.17, 15) is 0 Å². The smallest absolute Gasteiger partial charge is 0.137 e. The number of aryl methyl sites for hydroxylation is 1. The zero-order chi connectivity index (χ0) is 15.8. The zero-order valence-electron chi connectivity index (χ0n) is 13.8. The Balaban J connectivity index is 1.66. The molecule has 2 heteroatoms. The molecular weight excluding hydrogens is 310 g/mol. The first kappa shape index (κ1) is 13.4. The molecule has 1 fully saturated rings. The second-order valence-corrected chi connectivity index (χ2v) is 8.67. The molecule has 0 radical (unpaired) electrons. The van der Waals surface area contributed by atoms with E-state index in [2.05, 4.69) is 61.7 Å². The first-order valence-corrected chi connectivity index (χ1v) is 9.79. The molecule has 4 unspecified atom stereocenters. The van der Waals surface area contributed by atoms with Crippen molar-refractivity contribution < 1.29 is 4.90 Å². The maximum absolute atomic E-state index is 2.53. The molecule has 3 aromatic rings. The molecule has 1 aliphatic carbocycles. The lowest BCUT2D eigenvalue weighted by Gasteiger charge is -2.48. The monoisotopic (exact) mass is 330 g/mol. The van der Waals surface area contributed by atoms with Crippen LogP contribution in [-0.2, 0) is 0 Å². The van der Waals surface area contributed by atoms with Crippen LogP contribution in [0.15, 0.2) is 54.8 Å². The minimum Gasteiger partial charge on any atom is -0.296 e. The number of fused-ring (bicyclic) bond motifs is 9. The SMILES string of the molecule is Cc1ccc2c(c1)sc1cc3c(cc12)C1C=CC=C[NH+]1C1CCC31. The van der Waals surface area contributed by atoms with Gasteiger partial charge in [-0.25, -0.2) is 0 Å². The van der Waals surface area contributed by atoms with Crippen molar-refractivity contribution in [2.24, 2.45) is 0 Å². The van der Waals surface area contributed by atoms with Gasteiger partial charge in [0.25, 0.3) is 0 Å². The van der Waals surface area contributed by atoms with E-state index in [-0.39, 0.29) is 0 Å². The van der Waals surface area contributed by atoms with Crippen molar-refractivity contribution in [3.05, 3.63) is 71.5 Å². The van der Waals surface area contributed by atoms with Gasteiger partial charge in [0.05, 0.1) is 12.2 Å². The van der Waals surface area contributed by atoms with Crippen LogP contribution < -0.4 is 4.90 Å². The fraction of sp³-hybridized carbons (Fsp3) is 0.273. The van der Waals surface area contributed by atoms with Crippen molar-refractivity contribution in [1.29, 1.82) is 0 Å². The summed E-state index contributed by atoms with van der Waals surface area (Å²) in [6.07, 6.45) is 12.0. The molecule has 0 saturated heterocycles. The summed E-state index contributed by atoms with van der Waals surface area (Å²) in [5, 5.41) is 2.88. The Bertz CT molecular complexity index is 1050. The van der Waals surface area contributed by atoms with E-state index in [1.807, 2.05) is 11.3 Å². The van der Waals surface area contributed by atoms with Crippen molar-refractivity contribution >= 4 is 31.5 Å². The summed E-state index contributed by atoms with van der Waals surface area (Å²) in [6, 6.07) is 13.2. The number of nitrogens with one attached hydrogen (secondary N) is 1. The Morgan fingerprint density at radius 2 is 1.88 bits per heavy atom. The third kappa shape index (κ3) is 1.63. The summed E-state index contributed by atoms with van der Waals surface area (Å²) >= 11 is 1.97. The minimum atomic E-state index is 0.511. The van der Waals surface area contributed by atoms with Crippen LogP contribution >= 0.6 is 11.3 Å². The summed E-state index contributed by atoms with van der Waals surface area (Å²) < 4.78 is 2.90. The molecule has 1 N–H and O–H groups in total. The second-order valence-electron chi connectivity index (χ2n) is 7.59. The maximum atomic E-state index is 2.53. The topological polar surface area (TPSA) is 4.44 Å². The highest BCUT2D eigenvalue weighted by molar-refractivity contribution is 7.25. The van der Waals surface area contributed by atoms with Crippen molar-refractivity contribution in [1.82, 2.24) is 0 Å². The van der Waals surface area contributed by atoms with Gasteiger partial charge >= 0.3 is 0 Å². The van der Waals surface area contributed by atoms with Gasteiger partial charge in [0.1, 0.15) is 6.04 Å². The Kier molecular flexibility index (Phi) is 2.56. The molecule has 1 nitrogen and oxygen atoms in total. The van der Waals surface area contributed by atoms with Gasteiger partial charge in [-0.1, -0.05) is 18.2 Å². The fourth-order valence-electron chi connectivity index (χ4n) is 5.02. The van der Waals surface area contributed by atoms with Gasteiger partial charge in [-0.15, -0.1) is 11.3 Å². The molecule has 0 spiro atoms. The van der Waals surface area contributed by atoms with E-state index in [1.54, 1.807) is 16.0 Å². The second kappa shape index (κ2) is 4.59. The lowest BCUT2D eigenvalue weighted by atomic mass is 9.68. The number of hydrogen-bond acceptors (Lipinski definition) is 1. The Morgan fingerprint density at radius 1 is 0.958 bits per heavy atom. The van der Waals surface area contributed by atoms with Gasteiger partial charge in [-0.3, -0.25) is 4.90 Å². The Morgan fingerprint density at radius 3 is 2.75 bits per heavy atom. The third-order valence-corrected chi connectivity index (χ3v) is 7.45. The van der Waals surface area contributed by atoms with Gasteiger partial charge in [-0.05, 0) is 54.8 Å². The summed E-state index contributed by atoms with van der Waals surface area (Å²) in [5.74, 6) is 0.763. The fourth-order valence-corrected chi connectivity index (χ4v) is 6.25. The summed E-state index contributed by atoms with van der Waals surface area (Å²) in [4.78, 5) is 1.66. The van der Waals surface area contributed by atoms with Crippen molar-refractivity contribution in [2.45, 2.75) is 37.8 Å². The lowest BCUT2D eigenvalue weighted by Crippen LogP contribution is -3.14. The normalized spacial score (nSPS) is 30.0. The van der Waals surface area contributed by atoms with E-state index >= 15 is 0 Å². The van der Waals surface area contributed by atoms with Crippen LogP contribution in [0.25, 0.3) is 20.2 Å². The molecule has 3 heterocycles. The maximum Gasteiger partial charge on any atom is 0.137 e. The van der Waals surface area contributed by atoms with Crippen LogP contribution in [0.5, 0.6) is 0 Å². The number of benzene rings is 2.